The molecule has 148 valence electrons. The third-order valence-electron chi connectivity index (χ3n) is 5.95. The van der Waals surface area contributed by atoms with Crippen molar-refractivity contribution in [2.45, 2.75) is 26.7 Å². The second kappa shape index (κ2) is 8.70. The average Bonchev–Trinajstić information content (AvgIpc) is 3.18. The van der Waals surface area contributed by atoms with Crippen molar-refractivity contribution >= 4 is 16.6 Å². The van der Waals surface area contributed by atoms with Gasteiger partial charge in [0.15, 0.2) is 0 Å². The SMILES string of the molecule is Cc1cccc(N2CCN(CCCCOc3ccc4cc[nH]c4c3)CC2)c1C. The van der Waals surface area contributed by atoms with E-state index in [9.17, 15) is 0 Å². The van der Waals surface area contributed by atoms with Crippen molar-refractivity contribution in [3.8, 4) is 5.75 Å². The molecule has 4 heteroatoms. The molecule has 4 nitrogen and oxygen atoms in total. The molecule has 0 aliphatic carbocycles. The number of anilines is 1. The van der Waals surface area contributed by atoms with Gasteiger partial charge in [-0.15, -0.1) is 0 Å². The molecule has 2 aromatic carbocycles. The highest BCUT2D eigenvalue weighted by molar-refractivity contribution is 5.80. The number of piperazine rings is 1. The van der Waals surface area contributed by atoms with Gasteiger partial charge in [-0.25, -0.2) is 0 Å². The van der Waals surface area contributed by atoms with E-state index in [2.05, 4.69) is 71.1 Å². The van der Waals surface area contributed by atoms with Crippen molar-refractivity contribution < 1.29 is 4.74 Å². The number of unbranched alkanes of at least 4 members (excludes halogenated alkanes) is 1. The Hall–Kier alpha value is -2.46. The summed E-state index contributed by atoms with van der Waals surface area (Å²) in [7, 11) is 0. The largest absolute Gasteiger partial charge is 0.494 e. The zero-order valence-electron chi connectivity index (χ0n) is 17.1. The van der Waals surface area contributed by atoms with Crippen LogP contribution in [0.25, 0.3) is 10.9 Å². The number of aromatic amines is 1. The highest BCUT2D eigenvalue weighted by Crippen LogP contribution is 2.24. The molecule has 1 fully saturated rings. The maximum atomic E-state index is 5.93. The number of H-pyrrole nitrogens is 1. The number of nitrogens with zero attached hydrogens (tertiary/aromatic N) is 2. The second-order valence-corrected chi connectivity index (χ2v) is 7.83. The molecule has 0 radical (unpaired) electrons. The van der Waals surface area contributed by atoms with E-state index < -0.39 is 0 Å². The first kappa shape index (κ1) is 18.9. The van der Waals surface area contributed by atoms with Crippen LogP contribution in [0.5, 0.6) is 5.75 Å². The van der Waals surface area contributed by atoms with Crippen LogP contribution in [-0.4, -0.2) is 49.2 Å². The summed E-state index contributed by atoms with van der Waals surface area (Å²) < 4.78 is 5.93. The predicted molar refractivity (Wildman–Crippen MR) is 118 cm³/mol. The summed E-state index contributed by atoms with van der Waals surface area (Å²) in [4.78, 5) is 8.37. The molecule has 2 heterocycles. The normalized spacial score (nSPS) is 15.3. The number of fused-ring (bicyclic) bond motifs is 1. The van der Waals surface area contributed by atoms with E-state index in [0.717, 1.165) is 50.5 Å². The Labute approximate surface area is 168 Å². The summed E-state index contributed by atoms with van der Waals surface area (Å²) in [5.74, 6) is 0.956. The van der Waals surface area contributed by atoms with Crippen molar-refractivity contribution in [2.75, 3.05) is 44.2 Å². The Kier molecular flexibility index (Phi) is 5.87. The number of hydrogen-bond acceptors (Lipinski definition) is 3. The Morgan fingerprint density at radius 1 is 0.964 bits per heavy atom. The number of hydrogen-bond donors (Lipinski definition) is 1. The van der Waals surface area contributed by atoms with Gasteiger partial charge >= 0.3 is 0 Å². The zero-order valence-corrected chi connectivity index (χ0v) is 17.1. The number of nitrogens with one attached hydrogen (secondary N) is 1. The molecule has 0 saturated carbocycles. The van der Waals surface area contributed by atoms with Crippen LogP contribution in [0.2, 0.25) is 0 Å². The van der Waals surface area contributed by atoms with Gasteiger partial charge in [-0.2, -0.15) is 0 Å². The number of rotatable bonds is 7. The first-order valence-corrected chi connectivity index (χ1v) is 10.4. The van der Waals surface area contributed by atoms with E-state index in [4.69, 9.17) is 4.74 Å². The number of aryl methyl sites for hydroxylation is 1. The molecule has 0 atom stereocenters. The standard InChI is InChI=1S/C24H31N3O/c1-19-6-5-7-24(20(19)2)27-15-13-26(14-16-27)12-3-4-17-28-22-9-8-21-10-11-25-23(21)18-22/h5-11,18,25H,3-4,12-17H2,1-2H3. The minimum absolute atomic E-state index is 0.786. The minimum atomic E-state index is 0.786. The Morgan fingerprint density at radius 3 is 2.68 bits per heavy atom. The second-order valence-electron chi connectivity index (χ2n) is 7.83. The number of benzene rings is 2. The molecule has 1 aliphatic rings. The van der Waals surface area contributed by atoms with Gasteiger partial charge < -0.3 is 14.6 Å². The Bertz CT molecular complexity index is 909. The van der Waals surface area contributed by atoms with Gasteiger partial charge in [0.1, 0.15) is 5.75 Å². The predicted octanol–water partition coefficient (Wildman–Crippen LogP) is 4.77. The van der Waals surface area contributed by atoms with Gasteiger partial charge in [-0.05, 0) is 74.0 Å². The summed E-state index contributed by atoms with van der Waals surface area (Å²) in [6.45, 7) is 10.9. The van der Waals surface area contributed by atoms with Crippen molar-refractivity contribution in [3.05, 3.63) is 59.8 Å². The van der Waals surface area contributed by atoms with Gasteiger partial charge in [0, 0.05) is 49.6 Å². The lowest BCUT2D eigenvalue weighted by Crippen LogP contribution is -2.46. The summed E-state index contributed by atoms with van der Waals surface area (Å²) in [6, 6.07) is 15.0. The smallest absolute Gasteiger partial charge is 0.121 e. The molecule has 1 aromatic heterocycles. The maximum Gasteiger partial charge on any atom is 0.121 e. The monoisotopic (exact) mass is 377 g/mol. The average molecular weight is 378 g/mol. The lowest BCUT2D eigenvalue weighted by Gasteiger charge is -2.37. The van der Waals surface area contributed by atoms with Crippen LogP contribution < -0.4 is 9.64 Å². The van der Waals surface area contributed by atoms with E-state index in [1.807, 2.05) is 6.20 Å². The van der Waals surface area contributed by atoms with E-state index in [1.54, 1.807) is 0 Å². The molecule has 0 spiro atoms. The molecule has 4 rings (SSSR count). The summed E-state index contributed by atoms with van der Waals surface area (Å²) in [5, 5.41) is 1.23. The van der Waals surface area contributed by atoms with Crippen molar-refractivity contribution in [1.82, 2.24) is 9.88 Å². The van der Waals surface area contributed by atoms with E-state index in [0.29, 0.717) is 0 Å². The van der Waals surface area contributed by atoms with Crippen LogP contribution in [0.4, 0.5) is 5.69 Å². The number of aromatic nitrogens is 1. The molecule has 1 saturated heterocycles. The Morgan fingerprint density at radius 2 is 1.82 bits per heavy atom. The lowest BCUT2D eigenvalue weighted by molar-refractivity contribution is 0.238. The van der Waals surface area contributed by atoms with Gasteiger partial charge in [-0.3, -0.25) is 4.90 Å². The van der Waals surface area contributed by atoms with Gasteiger partial charge in [0.25, 0.3) is 0 Å². The van der Waals surface area contributed by atoms with E-state index in [-0.39, 0.29) is 0 Å². The quantitative estimate of drug-likeness (QED) is 0.602. The van der Waals surface area contributed by atoms with Crippen LogP contribution in [0.15, 0.2) is 48.7 Å². The molecular weight excluding hydrogens is 346 g/mol. The third-order valence-corrected chi connectivity index (χ3v) is 5.95. The van der Waals surface area contributed by atoms with Crippen LogP contribution in [-0.2, 0) is 0 Å². The van der Waals surface area contributed by atoms with Gasteiger partial charge in [-0.1, -0.05) is 12.1 Å². The third kappa shape index (κ3) is 4.33. The Balaban J connectivity index is 1.16. The zero-order chi connectivity index (χ0) is 19.3. The van der Waals surface area contributed by atoms with Gasteiger partial charge in [0.2, 0.25) is 0 Å². The summed E-state index contributed by atoms with van der Waals surface area (Å²) in [6.07, 6.45) is 4.25. The molecule has 28 heavy (non-hydrogen) atoms. The molecule has 3 aromatic rings. The topological polar surface area (TPSA) is 31.5 Å². The van der Waals surface area contributed by atoms with Crippen molar-refractivity contribution in [3.63, 3.8) is 0 Å². The first-order chi connectivity index (χ1) is 13.7. The van der Waals surface area contributed by atoms with Gasteiger partial charge in [0.05, 0.1) is 6.61 Å². The molecule has 1 aliphatic heterocycles. The van der Waals surface area contributed by atoms with Crippen LogP contribution in [0.3, 0.4) is 0 Å². The van der Waals surface area contributed by atoms with E-state index in [1.165, 1.54) is 35.2 Å². The highest BCUT2D eigenvalue weighted by atomic mass is 16.5. The fraction of sp³-hybridized carbons (Fsp3) is 0.417. The fourth-order valence-corrected chi connectivity index (χ4v) is 4.03. The molecule has 0 unspecified atom stereocenters. The van der Waals surface area contributed by atoms with Crippen molar-refractivity contribution in [1.29, 1.82) is 0 Å². The van der Waals surface area contributed by atoms with Crippen molar-refractivity contribution in [2.24, 2.45) is 0 Å². The molecule has 0 bridgehead atoms. The molecule has 0 amide bonds. The van der Waals surface area contributed by atoms with Crippen LogP contribution >= 0.6 is 0 Å². The molecule has 1 N–H and O–H groups in total. The lowest BCUT2D eigenvalue weighted by atomic mass is 10.1. The van der Waals surface area contributed by atoms with Crippen LogP contribution in [0.1, 0.15) is 24.0 Å². The maximum absolute atomic E-state index is 5.93. The molecular formula is C24H31N3O. The fourth-order valence-electron chi connectivity index (χ4n) is 4.03. The summed E-state index contributed by atoms with van der Waals surface area (Å²) >= 11 is 0. The van der Waals surface area contributed by atoms with E-state index >= 15 is 0 Å². The van der Waals surface area contributed by atoms with Crippen LogP contribution in [0, 0.1) is 13.8 Å². The highest BCUT2D eigenvalue weighted by Gasteiger charge is 2.18. The first-order valence-electron chi connectivity index (χ1n) is 10.4. The number of ether oxygens (including phenoxy) is 1. The minimum Gasteiger partial charge on any atom is -0.494 e. The summed E-state index contributed by atoms with van der Waals surface area (Å²) in [5.41, 5.74) is 5.35.